The highest BCUT2D eigenvalue weighted by Gasteiger charge is 2.09. The fourth-order valence-corrected chi connectivity index (χ4v) is 1.78. The summed E-state index contributed by atoms with van der Waals surface area (Å²) >= 11 is 0. The minimum Gasteiger partial charge on any atom is -0.487 e. The largest absolute Gasteiger partial charge is 0.487 e. The molecule has 0 fully saturated rings. The summed E-state index contributed by atoms with van der Waals surface area (Å²) < 4.78 is 26.4. The zero-order valence-corrected chi connectivity index (χ0v) is 14.4. The molecule has 0 bridgehead atoms. The highest BCUT2D eigenvalue weighted by Crippen LogP contribution is 2.28. The van der Waals surface area contributed by atoms with Gasteiger partial charge in [0.15, 0.2) is 11.5 Å². The fourth-order valence-electron chi connectivity index (χ4n) is 1.78. The predicted octanol–water partition coefficient (Wildman–Crippen LogP) is 1.17. The molecule has 25 heavy (non-hydrogen) atoms. The van der Waals surface area contributed by atoms with Crippen molar-refractivity contribution in [3.05, 3.63) is 23.8 Å². The van der Waals surface area contributed by atoms with Crippen LogP contribution in [0.25, 0.3) is 0 Å². The molecular formula is C18H24O7. The minimum absolute atomic E-state index is 0.129. The van der Waals surface area contributed by atoms with Gasteiger partial charge in [-0.2, -0.15) is 0 Å². The number of rotatable bonds is 13. The SMILES string of the molecule is C#CCOCCOCCOCCOc1cc(CO)ccc1OC(C)=O. The number of aliphatic hydroxyl groups excluding tert-OH is 1. The second-order valence-corrected chi connectivity index (χ2v) is 4.86. The Morgan fingerprint density at radius 3 is 2.28 bits per heavy atom. The molecule has 0 saturated carbocycles. The molecule has 0 heterocycles. The summed E-state index contributed by atoms with van der Waals surface area (Å²) in [6.07, 6.45) is 5.04. The molecule has 0 aliphatic heterocycles. The molecule has 0 aromatic heterocycles. The van der Waals surface area contributed by atoms with E-state index in [1.807, 2.05) is 0 Å². The third kappa shape index (κ3) is 9.69. The van der Waals surface area contributed by atoms with Crippen LogP contribution >= 0.6 is 0 Å². The Balaban J connectivity index is 2.20. The molecule has 0 radical (unpaired) electrons. The summed E-state index contributed by atoms with van der Waals surface area (Å²) in [5.41, 5.74) is 0.660. The minimum atomic E-state index is -0.443. The molecule has 138 valence electrons. The summed E-state index contributed by atoms with van der Waals surface area (Å²) in [5.74, 6) is 2.61. The number of carbonyl (C=O) groups is 1. The molecule has 1 rings (SSSR count). The smallest absolute Gasteiger partial charge is 0.308 e. The van der Waals surface area contributed by atoms with Crippen molar-refractivity contribution in [3.63, 3.8) is 0 Å². The number of hydrogen-bond donors (Lipinski definition) is 1. The Morgan fingerprint density at radius 2 is 1.68 bits per heavy atom. The van der Waals surface area contributed by atoms with E-state index in [9.17, 15) is 9.90 Å². The van der Waals surface area contributed by atoms with Crippen LogP contribution < -0.4 is 9.47 Å². The Kier molecular flexibility index (Phi) is 11.1. The van der Waals surface area contributed by atoms with Crippen molar-refractivity contribution in [1.82, 2.24) is 0 Å². The molecule has 7 nitrogen and oxygen atoms in total. The second kappa shape index (κ2) is 13.2. The van der Waals surface area contributed by atoms with Gasteiger partial charge in [0.25, 0.3) is 0 Å². The fraction of sp³-hybridized carbons (Fsp3) is 0.500. The Bertz CT molecular complexity index is 551. The van der Waals surface area contributed by atoms with Crippen molar-refractivity contribution in [1.29, 1.82) is 0 Å². The van der Waals surface area contributed by atoms with Gasteiger partial charge in [-0.05, 0) is 17.7 Å². The first kappa shape index (κ1) is 20.9. The van der Waals surface area contributed by atoms with Crippen molar-refractivity contribution in [2.75, 3.05) is 46.2 Å². The number of ether oxygens (including phenoxy) is 5. The summed E-state index contributed by atoms with van der Waals surface area (Å²) in [7, 11) is 0. The maximum absolute atomic E-state index is 11.1. The third-order valence-corrected chi connectivity index (χ3v) is 2.86. The predicted molar refractivity (Wildman–Crippen MR) is 90.5 cm³/mol. The second-order valence-electron chi connectivity index (χ2n) is 4.86. The maximum Gasteiger partial charge on any atom is 0.308 e. The Labute approximate surface area is 147 Å². The molecule has 0 aliphatic carbocycles. The van der Waals surface area contributed by atoms with Crippen molar-refractivity contribution >= 4 is 5.97 Å². The van der Waals surface area contributed by atoms with Gasteiger partial charge in [0.05, 0.1) is 39.6 Å². The summed E-state index contributed by atoms with van der Waals surface area (Å²) in [5, 5.41) is 9.17. The van der Waals surface area contributed by atoms with Gasteiger partial charge in [-0.3, -0.25) is 4.79 Å². The zero-order chi connectivity index (χ0) is 18.3. The summed E-state index contributed by atoms with van der Waals surface area (Å²) in [6.45, 7) is 3.86. The van der Waals surface area contributed by atoms with E-state index in [1.165, 1.54) is 6.92 Å². The summed E-state index contributed by atoms with van der Waals surface area (Å²) in [6, 6.07) is 4.86. The third-order valence-electron chi connectivity index (χ3n) is 2.86. The standard InChI is InChI=1S/C18H24O7/c1-3-6-21-7-8-22-9-10-23-11-12-24-18-13-16(14-19)4-5-17(18)25-15(2)20/h1,4-5,13,19H,6-12,14H2,2H3. The van der Waals surface area contributed by atoms with Crippen LogP contribution in [-0.4, -0.2) is 57.3 Å². The van der Waals surface area contributed by atoms with E-state index >= 15 is 0 Å². The summed E-state index contributed by atoms with van der Waals surface area (Å²) in [4.78, 5) is 11.1. The lowest BCUT2D eigenvalue weighted by atomic mass is 10.2. The molecule has 1 aromatic rings. The van der Waals surface area contributed by atoms with E-state index in [-0.39, 0.29) is 19.8 Å². The van der Waals surface area contributed by atoms with Gasteiger partial charge in [-0.25, -0.2) is 0 Å². The molecule has 7 heteroatoms. The van der Waals surface area contributed by atoms with Crippen molar-refractivity contribution in [2.24, 2.45) is 0 Å². The Hall–Kier alpha value is -2.11. The first-order valence-corrected chi connectivity index (χ1v) is 7.89. The number of hydrogen-bond acceptors (Lipinski definition) is 7. The first-order chi connectivity index (χ1) is 12.2. The van der Waals surface area contributed by atoms with E-state index in [4.69, 9.17) is 30.1 Å². The molecule has 0 spiro atoms. The van der Waals surface area contributed by atoms with Crippen LogP contribution in [0.5, 0.6) is 11.5 Å². The number of esters is 1. The molecule has 1 N–H and O–H groups in total. The van der Waals surface area contributed by atoms with Gasteiger partial charge < -0.3 is 28.8 Å². The zero-order valence-electron chi connectivity index (χ0n) is 14.4. The van der Waals surface area contributed by atoms with Gasteiger partial charge >= 0.3 is 5.97 Å². The van der Waals surface area contributed by atoms with Crippen LogP contribution in [-0.2, 0) is 25.6 Å². The molecule has 0 atom stereocenters. The van der Waals surface area contributed by atoms with E-state index < -0.39 is 5.97 Å². The van der Waals surface area contributed by atoms with E-state index in [0.717, 1.165) is 0 Å². The number of carbonyl (C=O) groups excluding carboxylic acids is 1. The van der Waals surface area contributed by atoms with E-state index in [2.05, 4.69) is 5.92 Å². The van der Waals surface area contributed by atoms with Gasteiger partial charge in [-0.15, -0.1) is 6.42 Å². The highest BCUT2D eigenvalue weighted by molar-refractivity contribution is 5.70. The topological polar surface area (TPSA) is 83.5 Å². The van der Waals surface area contributed by atoms with Gasteiger partial charge in [0.2, 0.25) is 0 Å². The van der Waals surface area contributed by atoms with Gasteiger partial charge in [0.1, 0.15) is 13.2 Å². The van der Waals surface area contributed by atoms with Crippen LogP contribution in [0, 0.1) is 12.3 Å². The van der Waals surface area contributed by atoms with Crippen LogP contribution in [0.15, 0.2) is 18.2 Å². The van der Waals surface area contributed by atoms with Crippen LogP contribution in [0.2, 0.25) is 0 Å². The molecule has 1 aromatic carbocycles. The molecule has 0 amide bonds. The van der Waals surface area contributed by atoms with Crippen LogP contribution in [0.3, 0.4) is 0 Å². The molecular weight excluding hydrogens is 328 g/mol. The van der Waals surface area contributed by atoms with Crippen molar-refractivity contribution in [3.8, 4) is 23.8 Å². The lowest BCUT2D eigenvalue weighted by Gasteiger charge is -2.12. The van der Waals surface area contributed by atoms with Gasteiger partial charge in [0, 0.05) is 6.92 Å². The lowest BCUT2D eigenvalue weighted by Crippen LogP contribution is -2.13. The molecule has 0 unspecified atom stereocenters. The average molecular weight is 352 g/mol. The van der Waals surface area contributed by atoms with Crippen LogP contribution in [0.1, 0.15) is 12.5 Å². The highest BCUT2D eigenvalue weighted by atomic mass is 16.6. The number of terminal acetylenes is 1. The van der Waals surface area contributed by atoms with Gasteiger partial charge in [-0.1, -0.05) is 12.0 Å². The Morgan fingerprint density at radius 1 is 1.04 bits per heavy atom. The average Bonchev–Trinajstić information content (AvgIpc) is 2.60. The van der Waals surface area contributed by atoms with Crippen molar-refractivity contribution in [2.45, 2.75) is 13.5 Å². The quantitative estimate of drug-likeness (QED) is 0.247. The van der Waals surface area contributed by atoms with Crippen molar-refractivity contribution < 1.29 is 33.6 Å². The normalized spacial score (nSPS) is 10.3. The van der Waals surface area contributed by atoms with Crippen LogP contribution in [0.4, 0.5) is 0 Å². The monoisotopic (exact) mass is 352 g/mol. The number of aliphatic hydroxyl groups is 1. The van der Waals surface area contributed by atoms with E-state index in [1.54, 1.807) is 18.2 Å². The molecule has 0 saturated heterocycles. The lowest BCUT2D eigenvalue weighted by molar-refractivity contribution is -0.132. The molecule has 0 aliphatic rings. The maximum atomic E-state index is 11.1. The number of benzene rings is 1. The van der Waals surface area contributed by atoms with E-state index in [0.29, 0.717) is 50.1 Å². The first-order valence-electron chi connectivity index (χ1n) is 7.89.